The number of alkyl halides is 3. The highest BCUT2D eigenvalue weighted by Gasteiger charge is 2.29. The van der Waals surface area contributed by atoms with E-state index >= 15 is 0 Å². The zero-order valence-electron chi connectivity index (χ0n) is 14.6. The molecule has 0 aliphatic rings. The van der Waals surface area contributed by atoms with Crippen molar-refractivity contribution in [3.8, 4) is 17.0 Å². The second-order valence-electron chi connectivity index (χ2n) is 5.94. The van der Waals surface area contributed by atoms with Gasteiger partial charge in [0.05, 0.1) is 5.02 Å². The Morgan fingerprint density at radius 2 is 1.97 bits per heavy atom. The van der Waals surface area contributed by atoms with Gasteiger partial charge in [0.25, 0.3) is 0 Å². The van der Waals surface area contributed by atoms with Crippen molar-refractivity contribution >= 4 is 17.4 Å². The Morgan fingerprint density at radius 3 is 2.62 bits per heavy atom. The van der Waals surface area contributed by atoms with E-state index in [0.29, 0.717) is 5.56 Å². The molecule has 1 aromatic carbocycles. The highest BCUT2D eigenvalue weighted by Crippen LogP contribution is 2.32. The molecule has 0 N–H and O–H groups in total. The molecule has 0 saturated heterocycles. The van der Waals surface area contributed by atoms with Crippen molar-refractivity contribution in [2.75, 3.05) is 6.61 Å². The molecule has 29 heavy (non-hydrogen) atoms. The van der Waals surface area contributed by atoms with Gasteiger partial charge >= 0.3 is 6.18 Å². The number of Topliss-reactive ketones (excluding diaryl/α,β-unsaturated/α-hetero) is 1. The SMILES string of the molecule is O=C(Cc1cnc(OCC(F)(F)F)c(-c2ccc(Cl)c(F)c2)c1)c1cccnn1. The van der Waals surface area contributed by atoms with E-state index in [4.69, 9.17) is 16.3 Å². The van der Waals surface area contributed by atoms with Crippen LogP contribution in [0.15, 0.2) is 48.8 Å². The lowest BCUT2D eigenvalue weighted by Crippen LogP contribution is -2.20. The summed E-state index contributed by atoms with van der Waals surface area (Å²) in [5.41, 5.74) is 0.800. The average Bonchev–Trinajstić information content (AvgIpc) is 2.69. The van der Waals surface area contributed by atoms with E-state index in [-0.39, 0.29) is 39.9 Å². The average molecular weight is 426 g/mol. The maximum Gasteiger partial charge on any atom is 0.422 e. The number of pyridine rings is 1. The Labute approximate surface area is 167 Å². The van der Waals surface area contributed by atoms with Gasteiger partial charge < -0.3 is 4.74 Å². The molecular weight excluding hydrogens is 414 g/mol. The van der Waals surface area contributed by atoms with Crippen molar-refractivity contribution in [2.45, 2.75) is 12.6 Å². The maximum absolute atomic E-state index is 13.9. The van der Waals surface area contributed by atoms with E-state index in [2.05, 4.69) is 15.2 Å². The van der Waals surface area contributed by atoms with Crippen LogP contribution < -0.4 is 4.74 Å². The largest absolute Gasteiger partial charge is 0.468 e. The van der Waals surface area contributed by atoms with Gasteiger partial charge in [-0.2, -0.15) is 18.3 Å². The molecule has 0 aliphatic heterocycles. The summed E-state index contributed by atoms with van der Waals surface area (Å²) >= 11 is 5.67. The summed E-state index contributed by atoms with van der Waals surface area (Å²) in [6, 6.07) is 8.17. The molecule has 150 valence electrons. The number of rotatable bonds is 6. The summed E-state index contributed by atoms with van der Waals surface area (Å²) in [5, 5.41) is 7.20. The summed E-state index contributed by atoms with van der Waals surface area (Å²) in [6.07, 6.45) is -2.08. The fourth-order valence-electron chi connectivity index (χ4n) is 2.45. The van der Waals surface area contributed by atoms with Crippen LogP contribution in [-0.4, -0.2) is 33.7 Å². The quantitative estimate of drug-likeness (QED) is 0.423. The maximum atomic E-state index is 13.9. The predicted molar refractivity (Wildman–Crippen MR) is 96.3 cm³/mol. The summed E-state index contributed by atoms with van der Waals surface area (Å²) in [6.45, 7) is -1.57. The molecular formula is C19H12ClF4N3O2. The third-order valence-electron chi connectivity index (χ3n) is 3.73. The molecule has 2 heterocycles. The van der Waals surface area contributed by atoms with Crippen molar-refractivity contribution in [2.24, 2.45) is 0 Å². The van der Waals surface area contributed by atoms with Crippen molar-refractivity contribution in [3.63, 3.8) is 0 Å². The number of carbonyl (C=O) groups is 1. The van der Waals surface area contributed by atoms with Gasteiger partial charge in [-0.1, -0.05) is 17.7 Å². The van der Waals surface area contributed by atoms with E-state index in [1.54, 1.807) is 6.07 Å². The van der Waals surface area contributed by atoms with E-state index in [1.807, 2.05) is 0 Å². The summed E-state index contributed by atoms with van der Waals surface area (Å²) in [4.78, 5) is 16.2. The molecule has 0 radical (unpaired) electrons. The fraction of sp³-hybridized carbons (Fsp3) is 0.158. The number of hydrogen-bond acceptors (Lipinski definition) is 5. The predicted octanol–water partition coefficient (Wildman–Crippen LogP) is 4.70. The Balaban J connectivity index is 1.95. The third kappa shape index (κ3) is 5.47. The molecule has 3 aromatic rings. The fourth-order valence-corrected chi connectivity index (χ4v) is 2.57. The van der Waals surface area contributed by atoms with Crippen LogP contribution in [0.3, 0.4) is 0 Å². The minimum absolute atomic E-state index is 0.0919. The molecule has 0 fully saturated rings. The number of benzene rings is 1. The first kappa shape index (κ1) is 20.7. The molecule has 0 aliphatic carbocycles. The molecule has 5 nitrogen and oxygen atoms in total. The lowest BCUT2D eigenvalue weighted by molar-refractivity contribution is -0.154. The highest BCUT2D eigenvalue weighted by atomic mass is 35.5. The van der Waals surface area contributed by atoms with Gasteiger partial charge in [-0.3, -0.25) is 4.79 Å². The Hall–Kier alpha value is -3.07. The van der Waals surface area contributed by atoms with Gasteiger partial charge in [0, 0.05) is 24.4 Å². The number of nitrogens with zero attached hydrogens (tertiary/aromatic N) is 3. The van der Waals surface area contributed by atoms with Crippen molar-refractivity contribution < 1.29 is 27.1 Å². The van der Waals surface area contributed by atoms with Crippen LogP contribution in [0.5, 0.6) is 5.88 Å². The van der Waals surface area contributed by atoms with Crippen molar-refractivity contribution in [1.29, 1.82) is 0 Å². The van der Waals surface area contributed by atoms with Crippen LogP contribution in [0.2, 0.25) is 5.02 Å². The molecule has 0 saturated carbocycles. The molecule has 0 spiro atoms. The summed E-state index contributed by atoms with van der Waals surface area (Å²) < 4.78 is 56.3. The number of hydrogen-bond donors (Lipinski definition) is 0. The van der Waals surface area contributed by atoms with Crippen molar-refractivity contribution in [3.05, 3.63) is 70.9 Å². The van der Waals surface area contributed by atoms with Gasteiger partial charge in [-0.25, -0.2) is 9.37 Å². The standard InChI is InChI=1S/C19H12ClF4N3O2/c20-14-4-3-12(8-15(14)21)13-6-11(7-17(28)16-2-1-5-26-27-16)9-25-18(13)29-10-19(22,23)24/h1-6,8-9H,7,10H2. The van der Waals surface area contributed by atoms with Gasteiger partial charge in [0.15, 0.2) is 12.4 Å². The zero-order chi connectivity index (χ0) is 21.0. The first-order valence-corrected chi connectivity index (χ1v) is 8.55. The molecule has 10 heteroatoms. The lowest BCUT2D eigenvalue weighted by atomic mass is 10.0. The lowest BCUT2D eigenvalue weighted by Gasteiger charge is -2.14. The number of ether oxygens (including phenoxy) is 1. The van der Waals surface area contributed by atoms with E-state index in [1.165, 1.54) is 36.7 Å². The van der Waals surface area contributed by atoms with Crippen LogP contribution in [-0.2, 0) is 6.42 Å². The van der Waals surface area contributed by atoms with Gasteiger partial charge in [-0.05, 0) is 41.5 Å². The minimum Gasteiger partial charge on any atom is -0.468 e. The minimum atomic E-state index is -4.58. The second-order valence-corrected chi connectivity index (χ2v) is 6.35. The number of halogens is 5. The Bertz CT molecular complexity index is 1030. The van der Waals surface area contributed by atoms with E-state index < -0.39 is 18.6 Å². The van der Waals surface area contributed by atoms with Gasteiger partial charge in [0.1, 0.15) is 11.5 Å². The molecule has 0 amide bonds. The number of ketones is 1. The molecule has 0 bridgehead atoms. The summed E-state index contributed by atoms with van der Waals surface area (Å²) in [7, 11) is 0. The van der Waals surface area contributed by atoms with Crippen LogP contribution in [0.1, 0.15) is 16.1 Å². The van der Waals surface area contributed by atoms with E-state index in [9.17, 15) is 22.4 Å². The Kier molecular flexibility index (Phi) is 6.07. The molecule has 3 rings (SSSR count). The second kappa shape index (κ2) is 8.52. The molecule has 0 unspecified atom stereocenters. The molecule has 2 aromatic heterocycles. The van der Waals surface area contributed by atoms with Crippen LogP contribution in [0.25, 0.3) is 11.1 Å². The molecule has 0 atom stereocenters. The van der Waals surface area contributed by atoms with E-state index in [0.717, 1.165) is 6.07 Å². The first-order valence-electron chi connectivity index (χ1n) is 8.18. The van der Waals surface area contributed by atoms with Crippen molar-refractivity contribution in [1.82, 2.24) is 15.2 Å². The topological polar surface area (TPSA) is 65.0 Å². The van der Waals surface area contributed by atoms with Gasteiger partial charge in [-0.15, -0.1) is 5.10 Å². The normalized spacial score (nSPS) is 11.3. The van der Waals surface area contributed by atoms with Crippen LogP contribution in [0, 0.1) is 5.82 Å². The summed E-state index contributed by atoms with van der Waals surface area (Å²) in [5.74, 6) is -1.47. The monoisotopic (exact) mass is 425 g/mol. The zero-order valence-corrected chi connectivity index (χ0v) is 15.3. The van der Waals surface area contributed by atoms with Crippen LogP contribution >= 0.6 is 11.6 Å². The highest BCUT2D eigenvalue weighted by molar-refractivity contribution is 6.30. The first-order chi connectivity index (χ1) is 13.7. The number of carbonyl (C=O) groups excluding carboxylic acids is 1. The third-order valence-corrected chi connectivity index (χ3v) is 4.04. The Morgan fingerprint density at radius 1 is 1.17 bits per heavy atom. The van der Waals surface area contributed by atoms with Crippen LogP contribution in [0.4, 0.5) is 17.6 Å². The van der Waals surface area contributed by atoms with Gasteiger partial charge in [0.2, 0.25) is 5.88 Å². The number of aromatic nitrogens is 3. The smallest absolute Gasteiger partial charge is 0.422 e.